The molecule has 1 aromatic rings. The van der Waals surface area contributed by atoms with E-state index in [4.69, 9.17) is 33.3 Å². The first kappa shape index (κ1) is 17.1. The van der Waals surface area contributed by atoms with Gasteiger partial charge in [-0.1, -0.05) is 11.6 Å². The Hall–Kier alpha value is -0.950. The summed E-state index contributed by atoms with van der Waals surface area (Å²) in [4.78, 5) is 0. The van der Waals surface area contributed by atoms with Crippen molar-refractivity contribution in [2.24, 2.45) is 0 Å². The molecule has 0 atom stereocenters. The summed E-state index contributed by atoms with van der Waals surface area (Å²) in [5.41, 5.74) is 0.644. The van der Waals surface area contributed by atoms with Crippen molar-refractivity contribution < 1.29 is 13.9 Å². The van der Waals surface area contributed by atoms with Gasteiger partial charge >= 0.3 is 0 Å². The van der Waals surface area contributed by atoms with E-state index < -0.39 is 5.82 Å². The Labute approximate surface area is 128 Å². The molecule has 20 heavy (non-hydrogen) atoms. The number of ether oxygens (including phenoxy) is 2. The minimum atomic E-state index is -0.454. The summed E-state index contributed by atoms with van der Waals surface area (Å²) in [5, 5.41) is 6.48. The lowest BCUT2D eigenvalue weighted by atomic mass is 10.3. The fraction of sp³-hybridized carbons (Fsp3) is 0.462. The molecule has 2 N–H and O–H groups in total. The van der Waals surface area contributed by atoms with Gasteiger partial charge in [0.05, 0.1) is 18.2 Å². The van der Waals surface area contributed by atoms with E-state index in [1.165, 1.54) is 12.1 Å². The first-order valence-electron chi connectivity index (χ1n) is 6.20. The van der Waals surface area contributed by atoms with Gasteiger partial charge in [0.25, 0.3) is 0 Å². The Morgan fingerprint density at radius 1 is 1.35 bits per heavy atom. The lowest BCUT2D eigenvalue weighted by Crippen LogP contribution is -2.29. The summed E-state index contributed by atoms with van der Waals surface area (Å²) in [6.07, 6.45) is 0.829. The molecule has 0 saturated carbocycles. The van der Waals surface area contributed by atoms with Crippen LogP contribution >= 0.6 is 23.8 Å². The quantitative estimate of drug-likeness (QED) is 0.569. The second kappa shape index (κ2) is 9.88. The maximum Gasteiger partial charge on any atom is 0.170 e. The number of hydrogen-bond acceptors (Lipinski definition) is 3. The second-order valence-electron chi connectivity index (χ2n) is 3.97. The zero-order valence-corrected chi connectivity index (χ0v) is 12.8. The summed E-state index contributed by atoms with van der Waals surface area (Å²) >= 11 is 10.8. The topological polar surface area (TPSA) is 42.5 Å². The molecule has 0 fully saturated rings. The monoisotopic (exact) mass is 320 g/mol. The maximum absolute atomic E-state index is 13.0. The highest BCUT2D eigenvalue weighted by atomic mass is 35.5. The lowest BCUT2D eigenvalue weighted by molar-refractivity contribution is 0.0699. The molecular weight excluding hydrogens is 303 g/mol. The molecule has 0 unspecified atom stereocenters. The van der Waals surface area contributed by atoms with Gasteiger partial charge in [-0.3, -0.25) is 0 Å². The summed E-state index contributed by atoms with van der Waals surface area (Å²) in [6, 6.07) is 4.35. The largest absolute Gasteiger partial charge is 0.382 e. The van der Waals surface area contributed by atoms with Gasteiger partial charge in [-0.05, 0) is 36.8 Å². The van der Waals surface area contributed by atoms with Crippen molar-refractivity contribution in [1.29, 1.82) is 0 Å². The van der Waals surface area contributed by atoms with E-state index in [1.807, 2.05) is 0 Å². The van der Waals surface area contributed by atoms with Crippen LogP contribution in [-0.4, -0.2) is 38.6 Å². The number of nitrogens with one attached hydrogen (secondary N) is 2. The molecule has 1 aromatic carbocycles. The molecule has 0 amide bonds. The van der Waals surface area contributed by atoms with Crippen LogP contribution in [0.1, 0.15) is 6.42 Å². The van der Waals surface area contributed by atoms with Gasteiger partial charge < -0.3 is 20.1 Å². The van der Waals surface area contributed by atoms with Crippen LogP contribution in [-0.2, 0) is 9.47 Å². The van der Waals surface area contributed by atoms with E-state index in [0.29, 0.717) is 37.2 Å². The van der Waals surface area contributed by atoms with E-state index >= 15 is 0 Å². The van der Waals surface area contributed by atoms with Gasteiger partial charge in [0.1, 0.15) is 5.82 Å². The number of methoxy groups -OCH3 is 1. The van der Waals surface area contributed by atoms with Gasteiger partial charge in [-0.2, -0.15) is 0 Å². The fourth-order valence-corrected chi connectivity index (χ4v) is 1.77. The summed E-state index contributed by atoms with van der Waals surface area (Å²) < 4.78 is 23.2. The number of halogens is 2. The molecule has 7 heteroatoms. The third-order valence-corrected chi connectivity index (χ3v) is 2.90. The highest BCUT2D eigenvalue weighted by Crippen LogP contribution is 2.19. The van der Waals surface area contributed by atoms with Gasteiger partial charge in [-0.25, -0.2) is 4.39 Å². The molecule has 112 valence electrons. The second-order valence-corrected chi connectivity index (χ2v) is 4.78. The van der Waals surface area contributed by atoms with E-state index in [9.17, 15) is 4.39 Å². The minimum absolute atomic E-state index is 0.0596. The first-order chi connectivity index (χ1) is 9.63. The molecule has 0 aliphatic rings. The fourth-order valence-electron chi connectivity index (χ4n) is 1.37. The van der Waals surface area contributed by atoms with Crippen molar-refractivity contribution in [3.05, 3.63) is 29.0 Å². The molecule has 1 rings (SSSR count). The van der Waals surface area contributed by atoms with Crippen LogP contribution in [0.4, 0.5) is 10.1 Å². The van der Waals surface area contributed by atoms with Crippen LogP contribution in [0.2, 0.25) is 5.02 Å². The smallest absolute Gasteiger partial charge is 0.170 e. The van der Waals surface area contributed by atoms with Crippen molar-refractivity contribution in [2.75, 3.05) is 38.8 Å². The SMILES string of the molecule is COCCOCCCNC(=S)Nc1ccc(F)c(Cl)c1. The van der Waals surface area contributed by atoms with Crippen molar-refractivity contribution in [1.82, 2.24) is 5.32 Å². The molecular formula is C13H18ClFN2O2S. The zero-order valence-electron chi connectivity index (χ0n) is 11.2. The first-order valence-corrected chi connectivity index (χ1v) is 6.98. The number of anilines is 1. The van der Waals surface area contributed by atoms with Crippen molar-refractivity contribution in [2.45, 2.75) is 6.42 Å². The molecule has 0 aliphatic carbocycles. The van der Waals surface area contributed by atoms with Crippen LogP contribution in [0.3, 0.4) is 0 Å². The van der Waals surface area contributed by atoms with Crippen molar-refractivity contribution in [3.8, 4) is 0 Å². The van der Waals surface area contributed by atoms with E-state index in [2.05, 4.69) is 10.6 Å². The average molecular weight is 321 g/mol. The third kappa shape index (κ3) is 7.00. The highest BCUT2D eigenvalue weighted by molar-refractivity contribution is 7.80. The molecule has 0 aromatic heterocycles. The average Bonchev–Trinajstić information content (AvgIpc) is 2.42. The number of rotatable bonds is 8. The Kier molecular flexibility index (Phi) is 8.45. The normalized spacial score (nSPS) is 10.3. The van der Waals surface area contributed by atoms with Crippen LogP contribution in [0.25, 0.3) is 0 Å². The number of thiocarbonyl (C=S) groups is 1. The van der Waals surface area contributed by atoms with Gasteiger partial charge in [0.15, 0.2) is 5.11 Å². The van der Waals surface area contributed by atoms with E-state index in [1.54, 1.807) is 13.2 Å². The zero-order chi connectivity index (χ0) is 14.8. The predicted molar refractivity (Wildman–Crippen MR) is 82.9 cm³/mol. The van der Waals surface area contributed by atoms with E-state index in [-0.39, 0.29) is 5.02 Å². The Bertz CT molecular complexity index is 435. The number of hydrogen-bond donors (Lipinski definition) is 2. The van der Waals surface area contributed by atoms with Crippen molar-refractivity contribution in [3.63, 3.8) is 0 Å². The predicted octanol–water partition coefficient (Wildman–Crippen LogP) is 2.82. The van der Waals surface area contributed by atoms with Crippen LogP contribution < -0.4 is 10.6 Å². The van der Waals surface area contributed by atoms with Gasteiger partial charge in [0, 0.05) is 25.9 Å². The molecule has 0 radical (unpaired) electrons. The van der Waals surface area contributed by atoms with Crippen LogP contribution in [0.15, 0.2) is 18.2 Å². The molecule has 4 nitrogen and oxygen atoms in total. The Balaban J connectivity index is 2.15. The van der Waals surface area contributed by atoms with Gasteiger partial charge in [-0.15, -0.1) is 0 Å². The summed E-state index contributed by atoms with van der Waals surface area (Å²) in [7, 11) is 1.64. The maximum atomic E-state index is 13.0. The van der Waals surface area contributed by atoms with E-state index in [0.717, 1.165) is 6.42 Å². The summed E-state index contributed by atoms with van der Waals surface area (Å²) in [6.45, 7) is 2.51. The third-order valence-electron chi connectivity index (χ3n) is 2.36. The Morgan fingerprint density at radius 2 is 2.15 bits per heavy atom. The molecule has 0 aliphatic heterocycles. The highest BCUT2D eigenvalue weighted by Gasteiger charge is 2.02. The van der Waals surface area contributed by atoms with Gasteiger partial charge in [0.2, 0.25) is 0 Å². The molecule has 0 spiro atoms. The van der Waals surface area contributed by atoms with Crippen LogP contribution in [0.5, 0.6) is 0 Å². The lowest BCUT2D eigenvalue weighted by Gasteiger charge is -2.11. The molecule has 0 saturated heterocycles. The standard InChI is InChI=1S/C13H18ClFN2O2S/c1-18-7-8-19-6-2-5-16-13(20)17-10-3-4-12(15)11(14)9-10/h3-4,9H,2,5-8H2,1H3,(H2,16,17,20). The number of benzene rings is 1. The minimum Gasteiger partial charge on any atom is -0.382 e. The molecule has 0 heterocycles. The molecule has 0 bridgehead atoms. The van der Waals surface area contributed by atoms with Crippen LogP contribution in [0, 0.1) is 5.82 Å². The van der Waals surface area contributed by atoms with Crippen molar-refractivity contribution >= 4 is 34.6 Å². The Morgan fingerprint density at radius 3 is 2.85 bits per heavy atom. The summed E-state index contributed by atoms with van der Waals surface area (Å²) in [5.74, 6) is -0.454.